The number of aliphatic hydroxyl groups excluding tert-OH is 4. The van der Waals surface area contributed by atoms with Gasteiger partial charge in [-0.25, -0.2) is 0 Å². The number of carbonyl (C=O) groups excluding carboxylic acids is 2. The molecule has 0 amide bonds. The van der Waals surface area contributed by atoms with Crippen LogP contribution in [0.3, 0.4) is 0 Å². The third kappa shape index (κ3) is 4.54. The smallest absolute Gasteiger partial charge is 0.229 e. The second kappa shape index (κ2) is 8.52. The number of Topliss-reactive ketones (excluding diaryl/α,β-unsaturated/α-hetero) is 2. The van der Waals surface area contributed by atoms with Crippen LogP contribution in [0.15, 0.2) is 29.8 Å². The van der Waals surface area contributed by atoms with Crippen molar-refractivity contribution in [2.75, 3.05) is 6.61 Å². The topological polar surface area (TPSA) is 134 Å². The molecule has 1 aromatic rings. The van der Waals surface area contributed by atoms with Gasteiger partial charge in [-0.15, -0.1) is 0 Å². The maximum absolute atomic E-state index is 11.4. The summed E-state index contributed by atoms with van der Waals surface area (Å²) in [6, 6.07) is 6.27. The zero-order chi connectivity index (χ0) is 19.4. The van der Waals surface area contributed by atoms with Crippen molar-refractivity contribution in [3.63, 3.8) is 0 Å². The summed E-state index contributed by atoms with van der Waals surface area (Å²) in [7, 11) is 0. The van der Waals surface area contributed by atoms with E-state index in [1.165, 1.54) is 32.1 Å². The van der Waals surface area contributed by atoms with Gasteiger partial charge in [-0.3, -0.25) is 9.59 Å². The molecule has 0 aliphatic carbocycles. The van der Waals surface area contributed by atoms with Gasteiger partial charge in [0, 0.05) is 0 Å². The molecule has 26 heavy (non-hydrogen) atoms. The Morgan fingerprint density at radius 1 is 1.04 bits per heavy atom. The van der Waals surface area contributed by atoms with Crippen molar-refractivity contribution in [2.24, 2.45) is 0 Å². The van der Waals surface area contributed by atoms with Gasteiger partial charge in [0.05, 0.1) is 12.2 Å². The Hall–Kier alpha value is -2.10. The quantitative estimate of drug-likeness (QED) is 0.299. The zero-order valence-corrected chi connectivity index (χ0v) is 14.4. The molecule has 0 radical (unpaired) electrons. The van der Waals surface area contributed by atoms with E-state index in [0.717, 1.165) is 0 Å². The number of hydrogen-bond acceptors (Lipinski definition) is 8. The molecule has 8 nitrogen and oxygen atoms in total. The number of allylic oxidation sites excluding steroid dienone is 1. The number of aliphatic hydroxyl groups is 4. The molecule has 1 fully saturated rings. The molecule has 8 heteroatoms. The van der Waals surface area contributed by atoms with Gasteiger partial charge in [-0.2, -0.15) is 0 Å². The van der Waals surface area contributed by atoms with Crippen LogP contribution in [0.25, 0.3) is 6.08 Å². The summed E-state index contributed by atoms with van der Waals surface area (Å²) in [6.07, 6.45) is -5.37. The Labute approximate surface area is 150 Å². The highest BCUT2D eigenvalue weighted by molar-refractivity contribution is 6.21. The molecule has 1 aliphatic rings. The Balaban J connectivity index is 2.13. The van der Waals surface area contributed by atoms with Crippen LogP contribution in [0.1, 0.15) is 19.4 Å². The first-order valence-corrected chi connectivity index (χ1v) is 8.05. The third-order valence-electron chi connectivity index (χ3n) is 4.05. The molecular weight excluding hydrogens is 344 g/mol. The molecule has 1 saturated heterocycles. The number of rotatable bonds is 6. The van der Waals surface area contributed by atoms with Crippen LogP contribution in [-0.2, 0) is 14.3 Å². The molecule has 0 bridgehead atoms. The lowest BCUT2D eigenvalue weighted by Crippen LogP contribution is -2.60. The standard InChI is InChI=1S/C18H22O8/c1-9(20)13(10(2)21)7-11-3-5-12(6-4-11)25-18-17(24)16(23)15(22)14(8-19)26-18/h3-7,14-19,22-24H,8H2,1-2H3/t14-,15+,16+,17+,18-/m0/s1. The fourth-order valence-electron chi connectivity index (χ4n) is 2.56. The van der Waals surface area contributed by atoms with Crippen LogP contribution in [0, 0.1) is 0 Å². The number of carbonyl (C=O) groups is 2. The van der Waals surface area contributed by atoms with E-state index in [2.05, 4.69) is 0 Å². The van der Waals surface area contributed by atoms with Crippen LogP contribution < -0.4 is 4.74 Å². The van der Waals surface area contributed by atoms with Crippen LogP contribution in [0.5, 0.6) is 5.75 Å². The monoisotopic (exact) mass is 366 g/mol. The first-order valence-electron chi connectivity index (χ1n) is 8.05. The molecular formula is C18H22O8. The van der Waals surface area contributed by atoms with Gasteiger partial charge >= 0.3 is 0 Å². The molecule has 0 spiro atoms. The van der Waals surface area contributed by atoms with Crippen molar-refractivity contribution in [3.05, 3.63) is 35.4 Å². The summed E-state index contributed by atoms with van der Waals surface area (Å²) in [5.41, 5.74) is 0.680. The van der Waals surface area contributed by atoms with Gasteiger partial charge in [-0.1, -0.05) is 12.1 Å². The number of ketones is 2. The Morgan fingerprint density at radius 2 is 1.62 bits per heavy atom. The minimum atomic E-state index is -1.53. The first kappa shape index (κ1) is 20.2. The van der Waals surface area contributed by atoms with Gasteiger partial charge in [0.25, 0.3) is 0 Å². The SMILES string of the molecule is CC(=O)C(=Cc1ccc(O[C@H]2O[C@@H](CO)[C@@H](O)[C@@H](O)[C@H]2O)cc1)C(C)=O. The molecule has 2 rings (SSSR count). The van der Waals surface area contributed by atoms with E-state index in [9.17, 15) is 24.9 Å². The van der Waals surface area contributed by atoms with Crippen molar-refractivity contribution in [1.82, 2.24) is 0 Å². The molecule has 1 heterocycles. The predicted octanol–water partition coefficient (Wildman–Crippen LogP) is -0.573. The maximum Gasteiger partial charge on any atom is 0.229 e. The van der Waals surface area contributed by atoms with E-state index in [-0.39, 0.29) is 17.1 Å². The van der Waals surface area contributed by atoms with Crippen LogP contribution in [0.2, 0.25) is 0 Å². The predicted molar refractivity (Wildman–Crippen MR) is 90.2 cm³/mol. The van der Waals surface area contributed by atoms with Crippen LogP contribution >= 0.6 is 0 Å². The molecule has 0 saturated carbocycles. The third-order valence-corrected chi connectivity index (χ3v) is 4.05. The van der Waals surface area contributed by atoms with Crippen molar-refractivity contribution < 1.29 is 39.5 Å². The fraction of sp³-hybridized carbons (Fsp3) is 0.444. The highest BCUT2D eigenvalue weighted by Gasteiger charge is 2.44. The highest BCUT2D eigenvalue weighted by atomic mass is 16.7. The Kier molecular flexibility index (Phi) is 6.63. The number of ether oxygens (including phenoxy) is 2. The molecule has 0 unspecified atom stereocenters. The van der Waals surface area contributed by atoms with E-state index in [0.29, 0.717) is 11.3 Å². The second-order valence-corrected chi connectivity index (χ2v) is 6.05. The lowest BCUT2D eigenvalue weighted by Gasteiger charge is -2.39. The molecule has 142 valence electrons. The summed E-state index contributed by atoms with van der Waals surface area (Å²) < 4.78 is 10.7. The number of benzene rings is 1. The molecule has 1 aliphatic heterocycles. The van der Waals surface area contributed by atoms with E-state index >= 15 is 0 Å². The van der Waals surface area contributed by atoms with E-state index in [1.807, 2.05) is 0 Å². The van der Waals surface area contributed by atoms with Gasteiger partial charge in [-0.05, 0) is 37.6 Å². The molecule has 4 N–H and O–H groups in total. The van der Waals surface area contributed by atoms with Gasteiger partial charge in [0.1, 0.15) is 30.2 Å². The molecule has 5 atom stereocenters. The summed E-state index contributed by atoms with van der Waals surface area (Å²) >= 11 is 0. The van der Waals surface area contributed by atoms with Crippen molar-refractivity contribution in [1.29, 1.82) is 0 Å². The fourth-order valence-corrected chi connectivity index (χ4v) is 2.56. The largest absolute Gasteiger partial charge is 0.462 e. The summed E-state index contributed by atoms with van der Waals surface area (Å²) in [5.74, 6) is -0.378. The normalized spacial score (nSPS) is 28.3. The minimum Gasteiger partial charge on any atom is -0.462 e. The van der Waals surface area contributed by atoms with E-state index < -0.39 is 37.3 Å². The van der Waals surface area contributed by atoms with E-state index in [1.54, 1.807) is 12.1 Å². The van der Waals surface area contributed by atoms with Gasteiger partial charge in [0.2, 0.25) is 6.29 Å². The summed E-state index contributed by atoms with van der Waals surface area (Å²) in [5, 5.41) is 38.6. The minimum absolute atomic E-state index is 0.0765. The van der Waals surface area contributed by atoms with Gasteiger partial charge < -0.3 is 29.9 Å². The number of hydrogen-bond donors (Lipinski definition) is 4. The zero-order valence-electron chi connectivity index (χ0n) is 14.4. The van der Waals surface area contributed by atoms with Gasteiger partial charge in [0.15, 0.2) is 11.6 Å². The second-order valence-electron chi connectivity index (χ2n) is 6.05. The van der Waals surface area contributed by atoms with Crippen LogP contribution in [-0.4, -0.2) is 69.3 Å². The lowest BCUT2D eigenvalue weighted by atomic mass is 9.99. The molecule has 1 aromatic carbocycles. The van der Waals surface area contributed by atoms with Crippen molar-refractivity contribution in [3.8, 4) is 5.75 Å². The highest BCUT2D eigenvalue weighted by Crippen LogP contribution is 2.24. The summed E-state index contributed by atoms with van der Waals surface area (Å²) in [6.45, 7) is 2.07. The van der Waals surface area contributed by atoms with Crippen molar-refractivity contribution in [2.45, 2.75) is 44.6 Å². The average Bonchev–Trinajstić information content (AvgIpc) is 2.60. The average molecular weight is 366 g/mol. The molecule has 0 aromatic heterocycles. The Morgan fingerprint density at radius 3 is 2.12 bits per heavy atom. The maximum atomic E-state index is 11.4. The van der Waals surface area contributed by atoms with E-state index in [4.69, 9.17) is 14.6 Å². The first-order chi connectivity index (χ1) is 12.2. The summed E-state index contributed by atoms with van der Waals surface area (Å²) in [4.78, 5) is 22.9. The van der Waals surface area contributed by atoms with Crippen LogP contribution in [0.4, 0.5) is 0 Å². The Bertz CT molecular complexity index is 663. The lowest BCUT2D eigenvalue weighted by molar-refractivity contribution is -0.277. The van der Waals surface area contributed by atoms with Crippen molar-refractivity contribution >= 4 is 17.6 Å².